The Hall–Kier alpha value is -2.89. The minimum atomic E-state index is -0.214. The molecule has 0 aliphatic rings. The van der Waals surface area contributed by atoms with Crippen molar-refractivity contribution in [3.05, 3.63) is 53.0 Å². The predicted molar refractivity (Wildman–Crippen MR) is 89.4 cm³/mol. The van der Waals surface area contributed by atoms with Crippen LogP contribution in [0.25, 0.3) is 11.3 Å². The fraction of sp³-hybridized carbons (Fsp3) is 0.235. The van der Waals surface area contributed by atoms with Crippen LogP contribution in [0.4, 0.5) is 5.69 Å². The van der Waals surface area contributed by atoms with Crippen LogP contribution in [0, 0.1) is 20.8 Å². The van der Waals surface area contributed by atoms with Crippen LogP contribution in [0.15, 0.2) is 30.3 Å². The van der Waals surface area contributed by atoms with Gasteiger partial charge in [0.05, 0.1) is 11.4 Å². The van der Waals surface area contributed by atoms with E-state index >= 15 is 0 Å². The van der Waals surface area contributed by atoms with E-state index in [1.807, 2.05) is 56.8 Å². The van der Waals surface area contributed by atoms with Gasteiger partial charge in [-0.2, -0.15) is 10.2 Å². The zero-order valence-corrected chi connectivity index (χ0v) is 13.6. The van der Waals surface area contributed by atoms with Gasteiger partial charge >= 0.3 is 0 Å². The zero-order chi connectivity index (χ0) is 16.6. The van der Waals surface area contributed by atoms with Crippen molar-refractivity contribution in [2.75, 3.05) is 5.32 Å². The number of benzene rings is 1. The van der Waals surface area contributed by atoms with Crippen molar-refractivity contribution in [1.82, 2.24) is 20.0 Å². The maximum absolute atomic E-state index is 12.3. The molecule has 6 heteroatoms. The first kappa shape index (κ1) is 15.0. The van der Waals surface area contributed by atoms with Crippen molar-refractivity contribution in [3.8, 4) is 11.3 Å². The van der Waals surface area contributed by atoms with Gasteiger partial charge in [0.25, 0.3) is 5.91 Å². The summed E-state index contributed by atoms with van der Waals surface area (Å²) in [6.07, 6.45) is 0. The van der Waals surface area contributed by atoms with Crippen LogP contribution in [0.3, 0.4) is 0 Å². The van der Waals surface area contributed by atoms with E-state index in [1.165, 1.54) is 0 Å². The lowest BCUT2D eigenvalue weighted by atomic mass is 10.1. The minimum absolute atomic E-state index is 0.214. The van der Waals surface area contributed by atoms with Crippen LogP contribution >= 0.6 is 0 Å². The lowest BCUT2D eigenvalue weighted by Gasteiger charge is -2.03. The number of carbonyl (C=O) groups is 1. The molecule has 2 aromatic heterocycles. The molecule has 6 nitrogen and oxygen atoms in total. The second-order valence-corrected chi connectivity index (χ2v) is 5.66. The molecule has 0 atom stereocenters. The standard InChI is InChI=1S/C17H19N5O/c1-10-6-5-7-13(8-10)18-17(23)15-9-14(19-20-15)16-11(2)21-22(4)12(16)3/h5-9H,1-4H3,(H,18,23)(H,19,20). The molecule has 118 valence electrons. The van der Waals surface area contributed by atoms with Crippen molar-refractivity contribution in [2.45, 2.75) is 20.8 Å². The van der Waals surface area contributed by atoms with Crippen molar-refractivity contribution in [2.24, 2.45) is 7.05 Å². The molecule has 2 heterocycles. The fourth-order valence-electron chi connectivity index (χ4n) is 2.63. The number of aryl methyl sites for hydroxylation is 3. The van der Waals surface area contributed by atoms with E-state index in [0.29, 0.717) is 5.69 Å². The Morgan fingerprint density at radius 2 is 2.00 bits per heavy atom. The number of rotatable bonds is 3. The van der Waals surface area contributed by atoms with E-state index in [2.05, 4.69) is 20.6 Å². The largest absolute Gasteiger partial charge is 0.321 e. The first-order chi connectivity index (χ1) is 11.0. The Bertz CT molecular complexity index is 875. The van der Waals surface area contributed by atoms with Crippen LogP contribution < -0.4 is 5.32 Å². The molecule has 0 radical (unpaired) electrons. The third-order valence-corrected chi connectivity index (χ3v) is 3.86. The third-order valence-electron chi connectivity index (χ3n) is 3.86. The quantitative estimate of drug-likeness (QED) is 0.781. The molecule has 0 saturated heterocycles. The molecule has 0 aliphatic carbocycles. The van der Waals surface area contributed by atoms with Crippen molar-refractivity contribution < 1.29 is 4.79 Å². The van der Waals surface area contributed by atoms with E-state index in [4.69, 9.17) is 0 Å². The predicted octanol–water partition coefficient (Wildman–Crippen LogP) is 2.99. The highest BCUT2D eigenvalue weighted by Crippen LogP contribution is 2.25. The van der Waals surface area contributed by atoms with Gasteiger partial charge in [-0.3, -0.25) is 14.6 Å². The summed E-state index contributed by atoms with van der Waals surface area (Å²) in [5, 5.41) is 14.3. The highest BCUT2D eigenvalue weighted by Gasteiger charge is 2.17. The van der Waals surface area contributed by atoms with E-state index in [1.54, 1.807) is 6.07 Å². The molecular weight excluding hydrogens is 290 g/mol. The zero-order valence-electron chi connectivity index (χ0n) is 13.6. The summed E-state index contributed by atoms with van der Waals surface area (Å²) in [7, 11) is 1.89. The smallest absolute Gasteiger partial charge is 0.273 e. The molecule has 23 heavy (non-hydrogen) atoms. The Kier molecular flexibility index (Phi) is 3.73. The number of amides is 1. The number of nitrogens with zero attached hydrogens (tertiary/aromatic N) is 3. The van der Waals surface area contributed by atoms with Crippen LogP contribution in [0.5, 0.6) is 0 Å². The average Bonchev–Trinajstić information content (AvgIpc) is 3.05. The average molecular weight is 309 g/mol. The number of hydrogen-bond acceptors (Lipinski definition) is 3. The second-order valence-electron chi connectivity index (χ2n) is 5.66. The Labute approximate surface area is 134 Å². The SMILES string of the molecule is Cc1cccc(NC(=O)c2cc(-c3c(C)nn(C)c3C)n[nH]2)c1. The van der Waals surface area contributed by atoms with E-state index in [-0.39, 0.29) is 5.91 Å². The van der Waals surface area contributed by atoms with Crippen LogP contribution in [-0.2, 0) is 7.05 Å². The summed E-state index contributed by atoms with van der Waals surface area (Å²) in [5.74, 6) is -0.214. The summed E-state index contributed by atoms with van der Waals surface area (Å²) in [6, 6.07) is 9.42. The van der Waals surface area contributed by atoms with Gasteiger partial charge in [-0.15, -0.1) is 0 Å². The molecule has 1 aromatic carbocycles. The Morgan fingerprint density at radius 1 is 1.22 bits per heavy atom. The maximum Gasteiger partial charge on any atom is 0.273 e. The molecule has 1 amide bonds. The highest BCUT2D eigenvalue weighted by molar-refractivity contribution is 6.03. The summed E-state index contributed by atoms with van der Waals surface area (Å²) >= 11 is 0. The lowest BCUT2D eigenvalue weighted by molar-refractivity contribution is 0.102. The van der Waals surface area contributed by atoms with E-state index in [0.717, 1.165) is 33.9 Å². The molecule has 0 unspecified atom stereocenters. The number of aromatic nitrogens is 4. The van der Waals surface area contributed by atoms with Gasteiger partial charge in [0.2, 0.25) is 0 Å². The number of hydrogen-bond donors (Lipinski definition) is 2. The Balaban J connectivity index is 1.85. The van der Waals surface area contributed by atoms with Gasteiger partial charge in [-0.05, 0) is 44.5 Å². The minimum Gasteiger partial charge on any atom is -0.321 e. The first-order valence-electron chi connectivity index (χ1n) is 7.39. The highest BCUT2D eigenvalue weighted by atomic mass is 16.1. The van der Waals surface area contributed by atoms with Crippen molar-refractivity contribution in [3.63, 3.8) is 0 Å². The molecule has 3 rings (SSSR count). The van der Waals surface area contributed by atoms with Gasteiger partial charge in [0.1, 0.15) is 5.69 Å². The maximum atomic E-state index is 12.3. The molecule has 0 saturated carbocycles. The normalized spacial score (nSPS) is 10.8. The van der Waals surface area contributed by atoms with Gasteiger partial charge < -0.3 is 5.32 Å². The van der Waals surface area contributed by atoms with Crippen LogP contribution in [0.1, 0.15) is 27.4 Å². The van der Waals surface area contributed by atoms with E-state index < -0.39 is 0 Å². The number of aromatic amines is 1. The molecule has 3 aromatic rings. The fourth-order valence-corrected chi connectivity index (χ4v) is 2.63. The third kappa shape index (κ3) is 2.88. The van der Waals surface area contributed by atoms with Crippen LogP contribution in [0.2, 0.25) is 0 Å². The monoisotopic (exact) mass is 309 g/mol. The van der Waals surface area contributed by atoms with Gasteiger partial charge in [0.15, 0.2) is 0 Å². The number of H-pyrrole nitrogens is 1. The summed E-state index contributed by atoms with van der Waals surface area (Å²) < 4.78 is 1.81. The summed E-state index contributed by atoms with van der Waals surface area (Å²) in [6.45, 7) is 5.90. The molecule has 2 N–H and O–H groups in total. The number of carbonyl (C=O) groups excluding carboxylic acids is 1. The molecular formula is C17H19N5O. The number of anilines is 1. The van der Waals surface area contributed by atoms with Crippen molar-refractivity contribution in [1.29, 1.82) is 0 Å². The summed E-state index contributed by atoms with van der Waals surface area (Å²) in [5.41, 5.74) is 5.86. The van der Waals surface area contributed by atoms with Crippen LogP contribution in [-0.4, -0.2) is 25.9 Å². The van der Waals surface area contributed by atoms with E-state index in [9.17, 15) is 4.79 Å². The molecule has 0 bridgehead atoms. The first-order valence-corrected chi connectivity index (χ1v) is 7.39. The molecule has 0 fully saturated rings. The molecule has 0 spiro atoms. The Morgan fingerprint density at radius 3 is 2.65 bits per heavy atom. The lowest BCUT2D eigenvalue weighted by Crippen LogP contribution is -2.12. The summed E-state index contributed by atoms with van der Waals surface area (Å²) in [4.78, 5) is 12.3. The molecule has 0 aliphatic heterocycles. The van der Waals surface area contributed by atoms with Crippen molar-refractivity contribution >= 4 is 11.6 Å². The van der Waals surface area contributed by atoms with Gasteiger partial charge in [-0.25, -0.2) is 0 Å². The topological polar surface area (TPSA) is 75.6 Å². The second kappa shape index (κ2) is 5.72. The van der Waals surface area contributed by atoms with Gasteiger partial charge in [0, 0.05) is 24.0 Å². The van der Waals surface area contributed by atoms with Gasteiger partial charge in [-0.1, -0.05) is 12.1 Å². The number of nitrogens with one attached hydrogen (secondary N) is 2.